The SMILES string of the molecule is CCCCC(=O)N(C)[C@@H](Cc1ccccc1)C(=O)N[C@H]1CCCNC1=O. The third-order valence-corrected chi connectivity index (χ3v) is 4.78. The van der Waals surface area contributed by atoms with Gasteiger partial charge in [0.25, 0.3) is 0 Å². The van der Waals surface area contributed by atoms with Crippen molar-refractivity contribution in [1.29, 1.82) is 0 Å². The fraction of sp³-hybridized carbons (Fsp3) is 0.550. The third-order valence-electron chi connectivity index (χ3n) is 4.78. The van der Waals surface area contributed by atoms with E-state index in [-0.39, 0.29) is 17.7 Å². The fourth-order valence-electron chi connectivity index (χ4n) is 3.10. The van der Waals surface area contributed by atoms with Crippen LogP contribution in [0.5, 0.6) is 0 Å². The molecule has 1 heterocycles. The van der Waals surface area contributed by atoms with Crippen LogP contribution in [0.15, 0.2) is 30.3 Å². The quantitative estimate of drug-likeness (QED) is 0.741. The Morgan fingerprint density at radius 3 is 2.69 bits per heavy atom. The number of carbonyl (C=O) groups excluding carboxylic acids is 3. The summed E-state index contributed by atoms with van der Waals surface area (Å²) >= 11 is 0. The molecule has 6 heteroatoms. The first kappa shape index (κ1) is 19.9. The van der Waals surface area contributed by atoms with Crippen molar-refractivity contribution >= 4 is 17.7 Å². The molecule has 0 aromatic heterocycles. The molecule has 0 bridgehead atoms. The average molecular weight is 359 g/mol. The molecule has 0 spiro atoms. The molecule has 0 aliphatic carbocycles. The largest absolute Gasteiger partial charge is 0.354 e. The second kappa shape index (κ2) is 9.94. The lowest BCUT2D eigenvalue weighted by Crippen LogP contribution is -2.56. The van der Waals surface area contributed by atoms with Crippen LogP contribution in [0.4, 0.5) is 0 Å². The highest BCUT2D eigenvalue weighted by molar-refractivity contribution is 5.92. The monoisotopic (exact) mass is 359 g/mol. The molecule has 1 aliphatic heterocycles. The van der Waals surface area contributed by atoms with E-state index >= 15 is 0 Å². The zero-order chi connectivity index (χ0) is 18.9. The first-order valence-corrected chi connectivity index (χ1v) is 9.40. The molecule has 1 aromatic carbocycles. The number of likely N-dealkylation sites (N-methyl/N-ethyl adjacent to an activating group) is 1. The number of carbonyl (C=O) groups is 3. The number of unbranched alkanes of at least 4 members (excludes halogenated alkanes) is 1. The lowest BCUT2D eigenvalue weighted by molar-refractivity contribution is -0.140. The maximum absolute atomic E-state index is 12.9. The first-order valence-electron chi connectivity index (χ1n) is 9.40. The topological polar surface area (TPSA) is 78.5 Å². The molecule has 0 radical (unpaired) electrons. The summed E-state index contributed by atoms with van der Waals surface area (Å²) < 4.78 is 0. The van der Waals surface area contributed by atoms with Crippen molar-refractivity contribution in [3.63, 3.8) is 0 Å². The maximum atomic E-state index is 12.9. The van der Waals surface area contributed by atoms with E-state index < -0.39 is 12.1 Å². The number of piperidine rings is 1. The maximum Gasteiger partial charge on any atom is 0.243 e. The van der Waals surface area contributed by atoms with Gasteiger partial charge < -0.3 is 15.5 Å². The molecule has 1 fully saturated rings. The van der Waals surface area contributed by atoms with Crippen molar-refractivity contribution in [3.8, 4) is 0 Å². The van der Waals surface area contributed by atoms with E-state index in [1.54, 1.807) is 7.05 Å². The van der Waals surface area contributed by atoms with Crippen molar-refractivity contribution in [1.82, 2.24) is 15.5 Å². The van der Waals surface area contributed by atoms with Gasteiger partial charge in [-0.1, -0.05) is 43.7 Å². The lowest BCUT2D eigenvalue weighted by Gasteiger charge is -2.30. The van der Waals surface area contributed by atoms with E-state index in [2.05, 4.69) is 10.6 Å². The van der Waals surface area contributed by atoms with E-state index in [4.69, 9.17) is 0 Å². The molecule has 2 atom stereocenters. The van der Waals surface area contributed by atoms with Crippen molar-refractivity contribution in [3.05, 3.63) is 35.9 Å². The third kappa shape index (κ3) is 5.58. The van der Waals surface area contributed by atoms with Crippen molar-refractivity contribution < 1.29 is 14.4 Å². The van der Waals surface area contributed by atoms with Gasteiger partial charge in [-0.25, -0.2) is 0 Å². The lowest BCUT2D eigenvalue weighted by atomic mass is 10.0. The minimum Gasteiger partial charge on any atom is -0.354 e. The number of benzene rings is 1. The Hall–Kier alpha value is -2.37. The molecule has 6 nitrogen and oxygen atoms in total. The molecule has 0 unspecified atom stereocenters. The van der Waals surface area contributed by atoms with E-state index in [9.17, 15) is 14.4 Å². The summed E-state index contributed by atoms with van der Waals surface area (Å²) in [4.78, 5) is 38.8. The number of nitrogens with one attached hydrogen (secondary N) is 2. The van der Waals surface area contributed by atoms with Gasteiger partial charge in [-0.2, -0.15) is 0 Å². The van der Waals surface area contributed by atoms with Gasteiger partial charge in [0.15, 0.2) is 0 Å². The summed E-state index contributed by atoms with van der Waals surface area (Å²) in [5, 5.41) is 5.61. The molecule has 2 rings (SSSR count). The highest BCUT2D eigenvalue weighted by Gasteiger charge is 2.31. The molecule has 0 saturated carbocycles. The molecule has 1 aliphatic rings. The normalized spacial score (nSPS) is 17.9. The first-order chi connectivity index (χ1) is 12.5. The van der Waals surface area contributed by atoms with E-state index in [0.717, 1.165) is 24.8 Å². The number of hydrogen-bond acceptors (Lipinski definition) is 3. The Kier molecular flexibility index (Phi) is 7.63. The minimum absolute atomic E-state index is 0.0453. The van der Waals surface area contributed by atoms with Gasteiger partial charge in [0, 0.05) is 26.4 Å². The molecule has 1 saturated heterocycles. The van der Waals surface area contributed by atoms with Crippen LogP contribution in [0, 0.1) is 0 Å². The van der Waals surface area contributed by atoms with Gasteiger partial charge in [-0.05, 0) is 24.8 Å². The fourth-order valence-corrected chi connectivity index (χ4v) is 3.10. The average Bonchev–Trinajstić information content (AvgIpc) is 2.66. The molecule has 3 amide bonds. The molecule has 2 N–H and O–H groups in total. The predicted molar refractivity (Wildman–Crippen MR) is 100 cm³/mol. The van der Waals surface area contributed by atoms with E-state index in [0.29, 0.717) is 25.8 Å². The highest BCUT2D eigenvalue weighted by Crippen LogP contribution is 2.12. The summed E-state index contributed by atoms with van der Waals surface area (Å²) in [5.41, 5.74) is 0.982. The van der Waals surface area contributed by atoms with E-state index in [1.165, 1.54) is 4.90 Å². The summed E-state index contributed by atoms with van der Waals surface area (Å²) in [6.07, 6.45) is 4.05. The molecule has 142 valence electrons. The van der Waals surface area contributed by atoms with Crippen LogP contribution in [0.25, 0.3) is 0 Å². The second-order valence-electron chi connectivity index (χ2n) is 6.81. The van der Waals surface area contributed by atoms with Gasteiger partial charge in [-0.3, -0.25) is 14.4 Å². The summed E-state index contributed by atoms with van der Waals surface area (Å²) in [6.45, 7) is 2.68. The molecule has 1 aromatic rings. The van der Waals surface area contributed by atoms with Gasteiger partial charge in [0.2, 0.25) is 17.7 Å². The predicted octanol–water partition coefficient (Wildman–Crippen LogP) is 1.64. The minimum atomic E-state index is -0.628. The Balaban J connectivity index is 2.11. The zero-order valence-electron chi connectivity index (χ0n) is 15.7. The molecule has 26 heavy (non-hydrogen) atoms. The Labute approximate surface area is 155 Å². The smallest absolute Gasteiger partial charge is 0.243 e. The van der Waals surface area contributed by atoms with Crippen LogP contribution in [-0.4, -0.2) is 48.3 Å². The number of hydrogen-bond donors (Lipinski definition) is 2. The van der Waals surface area contributed by atoms with Crippen LogP contribution in [-0.2, 0) is 20.8 Å². The highest BCUT2D eigenvalue weighted by atomic mass is 16.2. The Bertz CT molecular complexity index is 618. The van der Waals surface area contributed by atoms with Gasteiger partial charge in [0.05, 0.1) is 0 Å². The molecular weight excluding hydrogens is 330 g/mol. The Morgan fingerprint density at radius 1 is 1.31 bits per heavy atom. The van der Waals surface area contributed by atoms with Crippen molar-refractivity contribution in [2.24, 2.45) is 0 Å². The molecular formula is C20H29N3O3. The van der Waals surface area contributed by atoms with Crippen LogP contribution >= 0.6 is 0 Å². The number of rotatable bonds is 8. The summed E-state index contributed by atoms with van der Waals surface area (Å²) in [6, 6.07) is 8.48. The van der Waals surface area contributed by atoms with E-state index in [1.807, 2.05) is 37.3 Å². The van der Waals surface area contributed by atoms with Crippen LogP contribution in [0.3, 0.4) is 0 Å². The standard InChI is InChI=1S/C20H29N3O3/c1-3-4-12-18(24)23(2)17(14-15-9-6-5-7-10-15)20(26)22-16-11-8-13-21-19(16)25/h5-7,9-10,16-17H,3-4,8,11-14H2,1-2H3,(H,21,25)(H,22,26)/t16-,17-/m0/s1. The number of nitrogens with zero attached hydrogens (tertiary/aromatic N) is 1. The van der Waals surface area contributed by atoms with Crippen LogP contribution in [0.1, 0.15) is 44.6 Å². The zero-order valence-corrected chi connectivity index (χ0v) is 15.7. The van der Waals surface area contributed by atoms with Crippen LogP contribution < -0.4 is 10.6 Å². The van der Waals surface area contributed by atoms with Crippen molar-refractivity contribution in [2.45, 2.75) is 57.5 Å². The van der Waals surface area contributed by atoms with Gasteiger partial charge in [-0.15, -0.1) is 0 Å². The summed E-state index contributed by atoms with van der Waals surface area (Å²) in [7, 11) is 1.67. The van der Waals surface area contributed by atoms with Gasteiger partial charge >= 0.3 is 0 Å². The summed E-state index contributed by atoms with van der Waals surface area (Å²) in [5.74, 6) is -0.470. The van der Waals surface area contributed by atoms with Crippen molar-refractivity contribution in [2.75, 3.05) is 13.6 Å². The number of amides is 3. The second-order valence-corrected chi connectivity index (χ2v) is 6.81. The Morgan fingerprint density at radius 2 is 2.04 bits per heavy atom. The van der Waals surface area contributed by atoms with Crippen LogP contribution in [0.2, 0.25) is 0 Å². The van der Waals surface area contributed by atoms with Gasteiger partial charge in [0.1, 0.15) is 12.1 Å².